The molecule has 0 aromatic rings. The lowest BCUT2D eigenvalue weighted by Gasteiger charge is -2.20. The van der Waals surface area contributed by atoms with Crippen molar-refractivity contribution in [3.63, 3.8) is 0 Å². The molecule has 0 saturated heterocycles. The van der Waals surface area contributed by atoms with Gasteiger partial charge in [-0.05, 0) is 32.9 Å². The lowest BCUT2D eigenvalue weighted by Crippen LogP contribution is -2.42. The van der Waals surface area contributed by atoms with Gasteiger partial charge in [-0.25, -0.2) is 0 Å². The molecule has 0 aromatic carbocycles. The fourth-order valence-electron chi connectivity index (χ4n) is 1.23. The third kappa shape index (κ3) is 7.33. The molecule has 0 fully saturated rings. The Morgan fingerprint density at radius 2 is 2.07 bits per heavy atom. The molecule has 0 aromatic heterocycles. The summed E-state index contributed by atoms with van der Waals surface area (Å²) in [6.07, 6.45) is 1.12. The maximum atomic E-state index is 11.2. The van der Waals surface area contributed by atoms with E-state index in [4.69, 9.17) is 10.5 Å². The Kier molecular flexibility index (Phi) is 7.34. The average molecular weight is 216 g/mol. The SMILES string of the molecule is CCOC(=O)C(N)CN(C)CCC(C)C. The van der Waals surface area contributed by atoms with Crippen LogP contribution in [0.3, 0.4) is 0 Å². The van der Waals surface area contributed by atoms with E-state index in [0.29, 0.717) is 19.1 Å². The fourth-order valence-corrected chi connectivity index (χ4v) is 1.23. The summed E-state index contributed by atoms with van der Waals surface area (Å²) in [4.78, 5) is 13.3. The molecule has 15 heavy (non-hydrogen) atoms. The van der Waals surface area contributed by atoms with Gasteiger partial charge in [0.15, 0.2) is 0 Å². The van der Waals surface area contributed by atoms with E-state index >= 15 is 0 Å². The molecule has 0 aliphatic rings. The van der Waals surface area contributed by atoms with E-state index in [1.165, 1.54) is 0 Å². The second-order valence-corrected chi connectivity index (χ2v) is 4.30. The topological polar surface area (TPSA) is 55.6 Å². The molecule has 0 heterocycles. The van der Waals surface area contributed by atoms with Crippen molar-refractivity contribution >= 4 is 5.97 Å². The third-order valence-electron chi connectivity index (χ3n) is 2.19. The van der Waals surface area contributed by atoms with E-state index in [9.17, 15) is 4.79 Å². The van der Waals surface area contributed by atoms with Gasteiger partial charge in [0.05, 0.1) is 6.61 Å². The van der Waals surface area contributed by atoms with Crippen LogP contribution < -0.4 is 5.73 Å². The monoisotopic (exact) mass is 216 g/mol. The molecule has 0 saturated carbocycles. The first kappa shape index (κ1) is 14.4. The van der Waals surface area contributed by atoms with E-state index < -0.39 is 6.04 Å². The van der Waals surface area contributed by atoms with Gasteiger partial charge in [-0.1, -0.05) is 13.8 Å². The Morgan fingerprint density at radius 3 is 2.53 bits per heavy atom. The van der Waals surface area contributed by atoms with Crippen molar-refractivity contribution in [2.24, 2.45) is 11.7 Å². The molecular weight excluding hydrogens is 192 g/mol. The van der Waals surface area contributed by atoms with Crippen molar-refractivity contribution in [3.8, 4) is 0 Å². The summed E-state index contributed by atoms with van der Waals surface area (Å²) in [6, 6.07) is -0.526. The van der Waals surface area contributed by atoms with Crippen LogP contribution in [0.1, 0.15) is 27.2 Å². The second kappa shape index (κ2) is 7.65. The van der Waals surface area contributed by atoms with Crippen LogP contribution >= 0.6 is 0 Å². The molecule has 4 nitrogen and oxygen atoms in total. The van der Waals surface area contributed by atoms with Crippen molar-refractivity contribution in [1.82, 2.24) is 4.90 Å². The lowest BCUT2D eigenvalue weighted by molar-refractivity contribution is -0.145. The first-order valence-corrected chi connectivity index (χ1v) is 5.58. The van der Waals surface area contributed by atoms with Crippen LogP contribution in [-0.2, 0) is 9.53 Å². The molecule has 4 heteroatoms. The Labute approximate surface area is 92.8 Å². The summed E-state index contributed by atoms with van der Waals surface area (Å²) in [7, 11) is 1.97. The molecule has 0 aliphatic heterocycles. The van der Waals surface area contributed by atoms with E-state index in [2.05, 4.69) is 18.7 Å². The van der Waals surface area contributed by atoms with Crippen LogP contribution in [0.15, 0.2) is 0 Å². The van der Waals surface area contributed by atoms with Gasteiger partial charge in [-0.15, -0.1) is 0 Å². The highest BCUT2D eigenvalue weighted by Crippen LogP contribution is 2.01. The third-order valence-corrected chi connectivity index (χ3v) is 2.19. The number of hydrogen-bond acceptors (Lipinski definition) is 4. The maximum Gasteiger partial charge on any atom is 0.324 e. The Hall–Kier alpha value is -0.610. The Balaban J connectivity index is 3.74. The summed E-state index contributed by atoms with van der Waals surface area (Å²) < 4.78 is 4.84. The fraction of sp³-hybridized carbons (Fsp3) is 0.909. The smallest absolute Gasteiger partial charge is 0.324 e. The van der Waals surface area contributed by atoms with Gasteiger partial charge in [0.2, 0.25) is 0 Å². The van der Waals surface area contributed by atoms with Crippen molar-refractivity contribution in [2.75, 3.05) is 26.7 Å². The number of likely N-dealkylation sites (N-methyl/N-ethyl adjacent to an activating group) is 1. The highest BCUT2D eigenvalue weighted by molar-refractivity contribution is 5.75. The number of hydrogen-bond donors (Lipinski definition) is 1. The molecule has 1 unspecified atom stereocenters. The maximum absolute atomic E-state index is 11.2. The molecule has 0 rings (SSSR count). The average Bonchev–Trinajstić information content (AvgIpc) is 2.15. The largest absolute Gasteiger partial charge is 0.465 e. The van der Waals surface area contributed by atoms with E-state index in [0.717, 1.165) is 13.0 Å². The normalized spacial score (nSPS) is 13.3. The van der Waals surface area contributed by atoms with Crippen LogP contribution in [0, 0.1) is 5.92 Å². The standard InChI is InChI=1S/C11H24N2O2/c1-5-15-11(14)10(12)8-13(4)7-6-9(2)3/h9-10H,5-8,12H2,1-4H3. The lowest BCUT2D eigenvalue weighted by atomic mass is 10.1. The summed E-state index contributed by atoms with van der Waals surface area (Å²) >= 11 is 0. The zero-order valence-corrected chi connectivity index (χ0v) is 10.3. The second-order valence-electron chi connectivity index (χ2n) is 4.30. The van der Waals surface area contributed by atoms with E-state index in [-0.39, 0.29) is 5.97 Å². The van der Waals surface area contributed by atoms with Gasteiger partial charge >= 0.3 is 5.97 Å². The number of nitrogens with two attached hydrogens (primary N) is 1. The minimum absolute atomic E-state index is 0.311. The molecular formula is C11H24N2O2. The van der Waals surface area contributed by atoms with Gasteiger partial charge in [0, 0.05) is 6.54 Å². The van der Waals surface area contributed by atoms with Gasteiger partial charge in [0.1, 0.15) is 6.04 Å². The number of carbonyl (C=O) groups is 1. The molecule has 1 atom stereocenters. The number of rotatable bonds is 7. The zero-order valence-electron chi connectivity index (χ0n) is 10.3. The minimum Gasteiger partial charge on any atom is -0.465 e. The van der Waals surface area contributed by atoms with Crippen LogP contribution in [-0.4, -0.2) is 43.7 Å². The number of nitrogens with zero attached hydrogens (tertiary/aromatic N) is 1. The van der Waals surface area contributed by atoms with Gasteiger partial charge < -0.3 is 15.4 Å². The predicted molar refractivity (Wildman–Crippen MR) is 61.6 cm³/mol. The van der Waals surface area contributed by atoms with Gasteiger partial charge in [-0.3, -0.25) is 4.79 Å². The summed E-state index contributed by atoms with van der Waals surface area (Å²) in [5.74, 6) is 0.361. The van der Waals surface area contributed by atoms with Crippen molar-refractivity contribution in [3.05, 3.63) is 0 Å². The highest BCUT2D eigenvalue weighted by Gasteiger charge is 2.16. The molecule has 90 valence electrons. The number of carbonyl (C=O) groups excluding carboxylic acids is 1. The van der Waals surface area contributed by atoms with Crippen molar-refractivity contribution in [2.45, 2.75) is 33.2 Å². The van der Waals surface area contributed by atoms with Crippen LogP contribution in [0.25, 0.3) is 0 Å². The molecule has 0 amide bonds. The van der Waals surface area contributed by atoms with Crippen LogP contribution in [0.5, 0.6) is 0 Å². The molecule has 2 N–H and O–H groups in total. The summed E-state index contributed by atoms with van der Waals surface area (Å²) in [5, 5.41) is 0. The summed E-state index contributed by atoms with van der Waals surface area (Å²) in [6.45, 7) is 8.06. The van der Waals surface area contributed by atoms with Gasteiger partial charge in [-0.2, -0.15) is 0 Å². The highest BCUT2D eigenvalue weighted by atomic mass is 16.5. The molecule has 0 radical (unpaired) electrons. The minimum atomic E-state index is -0.526. The van der Waals surface area contributed by atoms with Crippen molar-refractivity contribution < 1.29 is 9.53 Å². The van der Waals surface area contributed by atoms with Crippen molar-refractivity contribution in [1.29, 1.82) is 0 Å². The van der Waals surface area contributed by atoms with E-state index in [1.807, 2.05) is 7.05 Å². The zero-order chi connectivity index (χ0) is 11.8. The van der Waals surface area contributed by atoms with E-state index in [1.54, 1.807) is 6.92 Å². The molecule has 0 bridgehead atoms. The van der Waals surface area contributed by atoms with Crippen LogP contribution in [0.2, 0.25) is 0 Å². The molecule has 0 spiro atoms. The first-order valence-electron chi connectivity index (χ1n) is 5.58. The van der Waals surface area contributed by atoms with Crippen LogP contribution in [0.4, 0.5) is 0 Å². The summed E-state index contributed by atoms with van der Waals surface area (Å²) in [5.41, 5.74) is 5.69. The Morgan fingerprint density at radius 1 is 1.47 bits per heavy atom. The quantitative estimate of drug-likeness (QED) is 0.641. The number of ether oxygens (including phenoxy) is 1. The predicted octanol–water partition coefficient (Wildman–Crippen LogP) is 0.855. The number of esters is 1. The first-order chi connectivity index (χ1) is 6.97. The Bertz CT molecular complexity index is 183. The van der Waals surface area contributed by atoms with Gasteiger partial charge in [0.25, 0.3) is 0 Å². The molecule has 0 aliphatic carbocycles.